The molecule has 0 amide bonds. The summed E-state index contributed by atoms with van der Waals surface area (Å²) in [7, 11) is 0. The zero-order valence-electron chi connectivity index (χ0n) is 13.0. The fourth-order valence-corrected chi connectivity index (χ4v) is 4.17. The first-order chi connectivity index (χ1) is 9.52. The monoisotopic (exact) mass is 273 g/mol. The van der Waals surface area contributed by atoms with Crippen molar-refractivity contribution in [2.75, 3.05) is 6.54 Å². The van der Waals surface area contributed by atoms with E-state index < -0.39 is 0 Å². The normalized spacial score (nSPS) is 31.6. The average molecular weight is 273 g/mol. The van der Waals surface area contributed by atoms with Crippen molar-refractivity contribution in [3.8, 4) is 5.75 Å². The second kappa shape index (κ2) is 5.40. The minimum absolute atomic E-state index is 0.313. The van der Waals surface area contributed by atoms with Crippen LogP contribution >= 0.6 is 0 Å². The Kier molecular flexibility index (Phi) is 3.76. The van der Waals surface area contributed by atoms with E-state index in [1.165, 1.54) is 24.8 Å². The Morgan fingerprint density at radius 2 is 2.05 bits per heavy atom. The minimum Gasteiger partial charge on any atom is -0.488 e. The fourth-order valence-electron chi connectivity index (χ4n) is 4.17. The summed E-state index contributed by atoms with van der Waals surface area (Å²) in [6.07, 6.45) is 5.32. The lowest BCUT2D eigenvalue weighted by Crippen LogP contribution is -2.43. The summed E-state index contributed by atoms with van der Waals surface area (Å²) in [6.45, 7) is 8.16. The number of hydrogen-bond donors (Lipinski definition) is 1. The van der Waals surface area contributed by atoms with Crippen molar-refractivity contribution in [2.24, 2.45) is 11.3 Å². The van der Waals surface area contributed by atoms with Gasteiger partial charge in [0.1, 0.15) is 11.9 Å². The first-order valence-corrected chi connectivity index (χ1v) is 8.00. The van der Waals surface area contributed by atoms with Crippen LogP contribution in [-0.4, -0.2) is 18.7 Å². The van der Waals surface area contributed by atoms with Crippen molar-refractivity contribution in [2.45, 2.75) is 58.6 Å². The molecule has 0 radical (unpaired) electrons. The van der Waals surface area contributed by atoms with Crippen LogP contribution in [0.1, 0.15) is 45.6 Å². The van der Waals surface area contributed by atoms with Crippen molar-refractivity contribution >= 4 is 0 Å². The zero-order valence-corrected chi connectivity index (χ0v) is 13.0. The second-order valence-corrected chi connectivity index (χ2v) is 7.57. The second-order valence-electron chi connectivity index (χ2n) is 7.57. The average Bonchev–Trinajstić information content (AvgIpc) is 2.76. The van der Waals surface area contributed by atoms with Crippen LogP contribution in [0.3, 0.4) is 0 Å². The van der Waals surface area contributed by atoms with Crippen LogP contribution in [0, 0.1) is 11.3 Å². The topological polar surface area (TPSA) is 21.3 Å². The maximum Gasteiger partial charge on any atom is 0.123 e. The molecule has 3 rings (SSSR count). The lowest BCUT2D eigenvalue weighted by molar-refractivity contribution is 0.139. The highest BCUT2D eigenvalue weighted by Gasteiger charge is 2.32. The standard InChI is InChI=1S/C18H27NO/c1-13-8-15(11-18(2,3)10-13)19-12-16-9-14-6-4-5-7-17(14)20-16/h4-7,13,15-16,19H,8-12H2,1-3H3. The maximum atomic E-state index is 6.01. The van der Waals surface area contributed by atoms with E-state index in [-0.39, 0.29) is 0 Å². The molecule has 0 spiro atoms. The zero-order chi connectivity index (χ0) is 14.2. The van der Waals surface area contributed by atoms with E-state index in [0.717, 1.165) is 24.6 Å². The summed E-state index contributed by atoms with van der Waals surface area (Å²) in [4.78, 5) is 0. The summed E-state index contributed by atoms with van der Waals surface area (Å²) in [5.74, 6) is 1.91. The number of hydrogen-bond acceptors (Lipinski definition) is 2. The number of ether oxygens (including phenoxy) is 1. The third kappa shape index (κ3) is 3.17. The van der Waals surface area contributed by atoms with Gasteiger partial charge in [-0.05, 0) is 42.2 Å². The van der Waals surface area contributed by atoms with Crippen molar-refractivity contribution in [1.29, 1.82) is 0 Å². The van der Waals surface area contributed by atoms with Crippen LogP contribution in [0.4, 0.5) is 0 Å². The van der Waals surface area contributed by atoms with Gasteiger partial charge in [-0.2, -0.15) is 0 Å². The third-order valence-corrected chi connectivity index (χ3v) is 4.73. The molecule has 0 aromatic heterocycles. The number of para-hydroxylation sites is 1. The van der Waals surface area contributed by atoms with Gasteiger partial charge in [0.15, 0.2) is 0 Å². The molecule has 2 aliphatic rings. The number of fused-ring (bicyclic) bond motifs is 1. The Morgan fingerprint density at radius 1 is 1.25 bits per heavy atom. The predicted octanol–water partition coefficient (Wildman–Crippen LogP) is 3.79. The van der Waals surface area contributed by atoms with E-state index in [1.54, 1.807) is 0 Å². The van der Waals surface area contributed by atoms with Crippen molar-refractivity contribution in [1.82, 2.24) is 5.32 Å². The Balaban J connectivity index is 1.51. The van der Waals surface area contributed by atoms with Crippen LogP contribution in [0.5, 0.6) is 5.75 Å². The molecule has 1 saturated carbocycles. The molecule has 1 fully saturated rings. The molecule has 1 aromatic carbocycles. The largest absolute Gasteiger partial charge is 0.488 e. The molecule has 1 aliphatic heterocycles. The summed E-state index contributed by atoms with van der Waals surface area (Å²) < 4.78 is 6.01. The van der Waals surface area contributed by atoms with E-state index in [2.05, 4.69) is 50.4 Å². The van der Waals surface area contributed by atoms with Crippen LogP contribution < -0.4 is 10.1 Å². The highest BCUT2D eigenvalue weighted by Crippen LogP contribution is 2.38. The van der Waals surface area contributed by atoms with Gasteiger partial charge < -0.3 is 10.1 Å². The Morgan fingerprint density at radius 3 is 2.80 bits per heavy atom. The van der Waals surface area contributed by atoms with Gasteiger partial charge >= 0.3 is 0 Å². The number of nitrogens with one attached hydrogen (secondary N) is 1. The van der Waals surface area contributed by atoms with E-state index in [4.69, 9.17) is 4.74 Å². The molecular weight excluding hydrogens is 246 g/mol. The summed E-state index contributed by atoms with van der Waals surface area (Å²) in [5.41, 5.74) is 1.84. The highest BCUT2D eigenvalue weighted by molar-refractivity contribution is 5.37. The number of rotatable bonds is 3. The molecule has 3 atom stereocenters. The quantitative estimate of drug-likeness (QED) is 0.904. The third-order valence-electron chi connectivity index (χ3n) is 4.73. The van der Waals surface area contributed by atoms with Crippen molar-refractivity contribution in [3.05, 3.63) is 29.8 Å². The first kappa shape index (κ1) is 13.9. The van der Waals surface area contributed by atoms with Crippen molar-refractivity contribution in [3.63, 3.8) is 0 Å². The molecule has 1 heterocycles. The smallest absolute Gasteiger partial charge is 0.123 e. The Hall–Kier alpha value is -1.02. The molecule has 0 bridgehead atoms. The molecule has 3 unspecified atom stereocenters. The van der Waals surface area contributed by atoms with Gasteiger partial charge in [-0.15, -0.1) is 0 Å². The first-order valence-electron chi connectivity index (χ1n) is 8.00. The lowest BCUT2D eigenvalue weighted by Gasteiger charge is -2.39. The molecule has 2 nitrogen and oxygen atoms in total. The van der Waals surface area contributed by atoms with Crippen LogP contribution in [-0.2, 0) is 6.42 Å². The van der Waals surface area contributed by atoms with E-state index in [9.17, 15) is 0 Å². The highest BCUT2D eigenvalue weighted by atomic mass is 16.5. The minimum atomic E-state index is 0.313. The Bertz CT molecular complexity index is 443. The Labute approximate surface area is 122 Å². The van der Waals surface area contributed by atoms with Gasteiger partial charge in [0.2, 0.25) is 0 Å². The number of benzene rings is 1. The van der Waals surface area contributed by atoms with Crippen molar-refractivity contribution < 1.29 is 4.74 Å². The van der Waals surface area contributed by atoms with Gasteiger partial charge in [0.25, 0.3) is 0 Å². The molecule has 1 aromatic rings. The fraction of sp³-hybridized carbons (Fsp3) is 0.667. The van der Waals surface area contributed by atoms with Crippen LogP contribution in [0.2, 0.25) is 0 Å². The van der Waals surface area contributed by atoms with Crippen LogP contribution in [0.25, 0.3) is 0 Å². The molecule has 110 valence electrons. The summed E-state index contributed by atoms with van der Waals surface area (Å²) in [5, 5.41) is 3.76. The van der Waals surface area contributed by atoms with E-state index in [0.29, 0.717) is 17.6 Å². The van der Waals surface area contributed by atoms with Gasteiger partial charge in [-0.25, -0.2) is 0 Å². The molecule has 20 heavy (non-hydrogen) atoms. The van der Waals surface area contributed by atoms with Gasteiger partial charge in [-0.1, -0.05) is 39.0 Å². The molecule has 1 aliphatic carbocycles. The van der Waals surface area contributed by atoms with Gasteiger partial charge in [0, 0.05) is 19.0 Å². The van der Waals surface area contributed by atoms with E-state index in [1.807, 2.05) is 0 Å². The SMILES string of the molecule is CC1CC(NCC2Cc3ccccc3O2)CC(C)(C)C1. The van der Waals surface area contributed by atoms with Gasteiger partial charge in [-0.3, -0.25) is 0 Å². The predicted molar refractivity (Wildman–Crippen MR) is 83.1 cm³/mol. The van der Waals surface area contributed by atoms with Crippen LogP contribution in [0.15, 0.2) is 24.3 Å². The molecular formula is C18H27NO. The van der Waals surface area contributed by atoms with E-state index >= 15 is 0 Å². The summed E-state index contributed by atoms with van der Waals surface area (Å²) in [6, 6.07) is 9.08. The maximum absolute atomic E-state index is 6.01. The van der Waals surface area contributed by atoms with Gasteiger partial charge in [0.05, 0.1) is 0 Å². The molecule has 0 saturated heterocycles. The summed E-state index contributed by atoms with van der Waals surface area (Å²) >= 11 is 0. The molecule has 2 heteroatoms. The molecule has 1 N–H and O–H groups in total. The lowest BCUT2D eigenvalue weighted by atomic mass is 9.70.